The van der Waals surface area contributed by atoms with Crippen LogP contribution in [0.15, 0.2) is 28.7 Å². The number of aliphatic hydroxyl groups is 1. The van der Waals surface area contributed by atoms with E-state index in [2.05, 4.69) is 19.6 Å². The van der Waals surface area contributed by atoms with Crippen molar-refractivity contribution in [3.63, 3.8) is 0 Å². The van der Waals surface area contributed by atoms with Crippen molar-refractivity contribution in [2.45, 2.75) is 12.6 Å². The van der Waals surface area contributed by atoms with Crippen molar-refractivity contribution in [3.05, 3.63) is 30.2 Å². The zero-order valence-electron chi connectivity index (χ0n) is 12.2. The lowest BCUT2D eigenvalue weighted by Gasteiger charge is -2.09. The molecule has 0 aliphatic rings. The summed E-state index contributed by atoms with van der Waals surface area (Å²) >= 11 is 0.929. The number of ether oxygens (including phenoxy) is 1. The summed E-state index contributed by atoms with van der Waals surface area (Å²) in [6.07, 6.45) is 0. The van der Waals surface area contributed by atoms with Gasteiger partial charge in [-0.2, -0.15) is 0 Å². The molecular weight excluding hydrogens is 324 g/mol. The number of hydrogen-bond donors (Lipinski definition) is 4. The van der Waals surface area contributed by atoms with Crippen LogP contribution in [0.1, 0.15) is 5.89 Å². The van der Waals surface area contributed by atoms with Gasteiger partial charge in [0.1, 0.15) is 11.8 Å². The largest absolute Gasteiger partial charge is 0.496 e. The Kier molecular flexibility index (Phi) is 6.35. The van der Waals surface area contributed by atoms with Gasteiger partial charge < -0.3 is 19.4 Å². The third kappa shape index (κ3) is 4.66. The lowest BCUT2D eigenvalue weighted by molar-refractivity contribution is -0.139. The Morgan fingerprint density at radius 2 is 2.22 bits per heavy atom. The van der Waals surface area contributed by atoms with Crippen LogP contribution in [0.5, 0.6) is 5.75 Å². The van der Waals surface area contributed by atoms with Crippen LogP contribution in [0, 0.1) is 0 Å². The maximum absolute atomic E-state index is 10.7. The molecule has 0 saturated carbocycles. The number of benzene rings is 1. The van der Waals surface area contributed by atoms with Crippen LogP contribution in [0.2, 0.25) is 0 Å². The second-order valence-corrected chi connectivity index (χ2v) is 5.04. The number of methoxy groups -OCH3 is 1. The molecule has 2 rings (SSSR count). The van der Waals surface area contributed by atoms with Crippen LogP contribution < -0.4 is 14.2 Å². The molecule has 1 aromatic heterocycles. The van der Waals surface area contributed by atoms with Gasteiger partial charge >= 0.3 is 5.97 Å². The molecule has 2 aromatic rings. The molecular formula is C13H16N4O5S. The lowest BCUT2D eigenvalue weighted by Crippen LogP contribution is -2.37. The first kappa shape index (κ1) is 17.2. The van der Waals surface area contributed by atoms with Gasteiger partial charge in [-0.3, -0.25) is 4.79 Å². The number of para-hydroxylation sites is 1. The third-order valence-electron chi connectivity index (χ3n) is 2.78. The molecule has 1 unspecified atom stereocenters. The van der Waals surface area contributed by atoms with Crippen molar-refractivity contribution < 1.29 is 24.2 Å². The fraction of sp³-hybridized carbons (Fsp3) is 0.308. The van der Waals surface area contributed by atoms with Crippen LogP contribution in [0.3, 0.4) is 0 Å². The molecule has 0 amide bonds. The molecule has 1 heterocycles. The Balaban J connectivity index is 1.89. The molecule has 9 nitrogen and oxygen atoms in total. The van der Waals surface area contributed by atoms with Crippen molar-refractivity contribution in [1.82, 2.24) is 19.6 Å². The highest BCUT2D eigenvalue weighted by atomic mass is 32.2. The first-order chi connectivity index (χ1) is 11.2. The van der Waals surface area contributed by atoms with Gasteiger partial charge in [0.2, 0.25) is 5.89 Å². The van der Waals surface area contributed by atoms with Gasteiger partial charge in [-0.15, -0.1) is 10.2 Å². The van der Waals surface area contributed by atoms with E-state index in [9.17, 15) is 4.79 Å². The molecule has 1 aromatic carbocycles. The Bertz CT molecular complexity index is 651. The number of nitrogens with one attached hydrogen (secondary N) is 2. The summed E-state index contributed by atoms with van der Waals surface area (Å²) in [5.41, 5.74) is 0.686. The lowest BCUT2D eigenvalue weighted by atomic mass is 10.2. The molecule has 0 aliphatic carbocycles. The summed E-state index contributed by atoms with van der Waals surface area (Å²) in [6, 6.07) is 6.21. The van der Waals surface area contributed by atoms with E-state index in [1.807, 2.05) is 12.1 Å². The predicted octanol–water partition coefficient (Wildman–Crippen LogP) is 0.433. The number of carboxylic acid groups (broad SMARTS) is 1. The van der Waals surface area contributed by atoms with E-state index in [4.69, 9.17) is 19.4 Å². The zero-order valence-corrected chi connectivity index (χ0v) is 13.0. The van der Waals surface area contributed by atoms with E-state index in [0.717, 1.165) is 12.1 Å². The van der Waals surface area contributed by atoms with Crippen LogP contribution in [0.4, 0.5) is 0 Å². The monoisotopic (exact) mass is 340 g/mol. The van der Waals surface area contributed by atoms with Crippen molar-refractivity contribution in [1.29, 1.82) is 0 Å². The number of carbonyl (C=O) groups is 1. The topological polar surface area (TPSA) is 130 Å². The summed E-state index contributed by atoms with van der Waals surface area (Å²) in [6.45, 7) is -0.292. The normalized spacial score (nSPS) is 12.1. The number of nitrogens with zero attached hydrogens (tertiary/aromatic N) is 2. The number of hydrogen-bond acceptors (Lipinski definition) is 9. The molecule has 0 spiro atoms. The fourth-order valence-electron chi connectivity index (χ4n) is 1.63. The van der Waals surface area contributed by atoms with E-state index in [1.54, 1.807) is 19.2 Å². The van der Waals surface area contributed by atoms with E-state index in [-0.39, 0.29) is 6.54 Å². The average Bonchev–Trinajstić information content (AvgIpc) is 3.03. The van der Waals surface area contributed by atoms with Crippen LogP contribution in [-0.2, 0) is 11.3 Å². The summed E-state index contributed by atoms with van der Waals surface area (Å²) in [7, 11) is 1.56. The number of rotatable bonds is 9. The first-order valence-electron chi connectivity index (χ1n) is 6.59. The SMILES string of the molecule is COc1ccccc1-c1nnc(CNSNC(CO)C(=O)O)o1. The number of aromatic nitrogens is 2. The molecule has 124 valence electrons. The Labute approximate surface area is 136 Å². The maximum atomic E-state index is 10.7. The molecule has 4 N–H and O–H groups in total. The average molecular weight is 340 g/mol. The second kappa shape index (κ2) is 8.48. The summed E-state index contributed by atoms with van der Waals surface area (Å²) in [4.78, 5) is 10.7. The highest BCUT2D eigenvalue weighted by molar-refractivity contribution is 7.95. The van der Waals surface area contributed by atoms with Gasteiger partial charge in [0, 0.05) is 12.1 Å². The highest BCUT2D eigenvalue weighted by Gasteiger charge is 2.16. The van der Waals surface area contributed by atoms with Crippen LogP contribution >= 0.6 is 12.1 Å². The maximum Gasteiger partial charge on any atom is 0.324 e. The molecule has 0 fully saturated rings. The van der Waals surface area contributed by atoms with Crippen molar-refractivity contribution in [2.75, 3.05) is 13.7 Å². The Morgan fingerprint density at radius 1 is 1.43 bits per heavy atom. The smallest absolute Gasteiger partial charge is 0.324 e. The van der Waals surface area contributed by atoms with E-state index in [0.29, 0.717) is 23.1 Å². The second-order valence-electron chi connectivity index (χ2n) is 4.32. The number of aliphatic hydroxyl groups excluding tert-OH is 1. The molecule has 10 heteroatoms. The van der Waals surface area contributed by atoms with Gasteiger partial charge in [-0.25, -0.2) is 9.44 Å². The van der Waals surface area contributed by atoms with Crippen molar-refractivity contribution in [3.8, 4) is 17.2 Å². The number of aliphatic carboxylic acids is 1. The fourth-order valence-corrected chi connectivity index (χ4v) is 2.23. The molecule has 1 atom stereocenters. The Hall–Kier alpha value is -2.14. The highest BCUT2D eigenvalue weighted by Crippen LogP contribution is 2.28. The van der Waals surface area contributed by atoms with Gasteiger partial charge in [-0.05, 0) is 12.1 Å². The minimum absolute atomic E-state index is 0.220. The summed E-state index contributed by atoms with van der Waals surface area (Å²) < 4.78 is 16.1. The first-order valence-corrected chi connectivity index (χ1v) is 7.41. The third-order valence-corrected chi connectivity index (χ3v) is 3.47. The van der Waals surface area contributed by atoms with Gasteiger partial charge in [-0.1, -0.05) is 12.1 Å². The van der Waals surface area contributed by atoms with Gasteiger partial charge in [0.05, 0.1) is 25.8 Å². The van der Waals surface area contributed by atoms with Gasteiger partial charge in [0.15, 0.2) is 0 Å². The minimum Gasteiger partial charge on any atom is -0.496 e. The van der Waals surface area contributed by atoms with Crippen LogP contribution in [-0.4, -0.2) is 46.1 Å². The predicted molar refractivity (Wildman–Crippen MR) is 82.4 cm³/mol. The molecule has 0 aliphatic heterocycles. The Morgan fingerprint density at radius 3 is 2.91 bits per heavy atom. The minimum atomic E-state index is -1.14. The molecule has 0 radical (unpaired) electrons. The summed E-state index contributed by atoms with van der Waals surface area (Å²) in [5, 5.41) is 25.5. The van der Waals surface area contributed by atoms with Crippen molar-refractivity contribution >= 4 is 18.1 Å². The van der Waals surface area contributed by atoms with Crippen LogP contribution in [0.25, 0.3) is 11.5 Å². The van der Waals surface area contributed by atoms with Gasteiger partial charge in [0.25, 0.3) is 5.89 Å². The van der Waals surface area contributed by atoms with E-state index >= 15 is 0 Å². The quantitative estimate of drug-likeness (QED) is 0.376. The van der Waals surface area contributed by atoms with E-state index in [1.165, 1.54) is 0 Å². The molecule has 0 bridgehead atoms. The van der Waals surface area contributed by atoms with E-state index < -0.39 is 18.6 Å². The number of carboxylic acids is 1. The summed E-state index contributed by atoms with van der Waals surface area (Å²) in [5.74, 6) is 0.143. The standard InChI is InChI=1S/C13H16N4O5S/c1-21-10-5-3-2-4-8(10)12-16-15-11(22-12)6-14-23-17-9(7-18)13(19)20/h2-5,9,14,17-18H,6-7H2,1H3,(H,19,20). The molecule has 23 heavy (non-hydrogen) atoms. The van der Waals surface area contributed by atoms with Crippen molar-refractivity contribution in [2.24, 2.45) is 0 Å². The molecule has 0 saturated heterocycles. The zero-order chi connectivity index (χ0) is 16.7.